The molecule has 1 aromatic rings. The summed E-state index contributed by atoms with van der Waals surface area (Å²) in [5, 5.41) is 0. The Kier molecular flexibility index (Phi) is 4.10. The first kappa shape index (κ1) is 11.2. The monoisotopic (exact) mass is 225 g/mol. The number of hydrogen-bond acceptors (Lipinski definition) is 3. The summed E-state index contributed by atoms with van der Waals surface area (Å²) in [7, 11) is 3.78. The standard InChI is InChI=1S/C10H11NOS2/c1-11(2)10(13)14-9-6-4-3-5-8(9)7-12/h3-7H,1-2H3. The van der Waals surface area contributed by atoms with Crippen molar-refractivity contribution in [2.75, 3.05) is 14.1 Å². The van der Waals surface area contributed by atoms with E-state index in [1.807, 2.05) is 37.2 Å². The molecule has 2 nitrogen and oxygen atoms in total. The highest BCUT2D eigenvalue weighted by Gasteiger charge is 2.05. The van der Waals surface area contributed by atoms with Gasteiger partial charge in [-0.3, -0.25) is 4.79 Å². The first-order valence-corrected chi connectivity index (χ1v) is 5.31. The second-order valence-corrected chi connectivity index (χ2v) is 4.59. The number of hydrogen-bond donors (Lipinski definition) is 0. The molecule has 0 atom stereocenters. The van der Waals surface area contributed by atoms with Crippen LogP contribution in [0.2, 0.25) is 0 Å². The van der Waals surface area contributed by atoms with Crippen LogP contribution in [0.4, 0.5) is 0 Å². The van der Waals surface area contributed by atoms with Crippen LogP contribution in [0.15, 0.2) is 29.2 Å². The second kappa shape index (κ2) is 5.12. The Morgan fingerprint density at radius 3 is 2.64 bits per heavy atom. The van der Waals surface area contributed by atoms with Crippen LogP contribution in [0.1, 0.15) is 10.4 Å². The Bertz CT molecular complexity index is 350. The molecule has 74 valence electrons. The summed E-state index contributed by atoms with van der Waals surface area (Å²) < 4.78 is 0.749. The predicted molar refractivity (Wildman–Crippen MR) is 64.0 cm³/mol. The average Bonchev–Trinajstić information content (AvgIpc) is 2.18. The van der Waals surface area contributed by atoms with E-state index >= 15 is 0 Å². The van der Waals surface area contributed by atoms with Crippen LogP contribution in [0.5, 0.6) is 0 Å². The normalized spacial score (nSPS) is 9.57. The van der Waals surface area contributed by atoms with E-state index in [1.165, 1.54) is 11.8 Å². The van der Waals surface area contributed by atoms with Crippen LogP contribution < -0.4 is 0 Å². The minimum absolute atomic E-state index is 0.682. The van der Waals surface area contributed by atoms with E-state index in [2.05, 4.69) is 0 Å². The maximum Gasteiger partial charge on any atom is 0.151 e. The molecule has 0 saturated carbocycles. The number of carbonyl (C=O) groups is 1. The van der Waals surface area contributed by atoms with Crippen LogP contribution in [-0.4, -0.2) is 29.6 Å². The van der Waals surface area contributed by atoms with Gasteiger partial charge in [0.1, 0.15) is 4.32 Å². The molecule has 0 unspecified atom stereocenters. The Morgan fingerprint density at radius 2 is 2.07 bits per heavy atom. The number of benzene rings is 1. The quantitative estimate of drug-likeness (QED) is 0.437. The van der Waals surface area contributed by atoms with Crippen molar-refractivity contribution in [3.8, 4) is 0 Å². The van der Waals surface area contributed by atoms with E-state index < -0.39 is 0 Å². The van der Waals surface area contributed by atoms with Crippen molar-refractivity contribution >= 4 is 34.6 Å². The highest BCUT2D eigenvalue weighted by molar-refractivity contribution is 8.23. The van der Waals surface area contributed by atoms with E-state index in [9.17, 15) is 4.79 Å². The van der Waals surface area contributed by atoms with Gasteiger partial charge in [0.25, 0.3) is 0 Å². The summed E-state index contributed by atoms with van der Waals surface area (Å²) in [5.74, 6) is 0. The number of nitrogens with zero attached hydrogens (tertiary/aromatic N) is 1. The maximum absolute atomic E-state index is 10.7. The van der Waals surface area contributed by atoms with Crippen molar-refractivity contribution in [2.45, 2.75) is 4.90 Å². The van der Waals surface area contributed by atoms with Crippen molar-refractivity contribution < 1.29 is 4.79 Å². The van der Waals surface area contributed by atoms with Crippen LogP contribution in [-0.2, 0) is 0 Å². The van der Waals surface area contributed by atoms with Gasteiger partial charge in [-0.1, -0.05) is 42.2 Å². The topological polar surface area (TPSA) is 20.3 Å². The molecule has 0 N–H and O–H groups in total. The zero-order chi connectivity index (χ0) is 10.6. The average molecular weight is 225 g/mol. The molecule has 1 aromatic carbocycles. The van der Waals surface area contributed by atoms with Crippen LogP contribution in [0.25, 0.3) is 0 Å². The molecule has 0 amide bonds. The van der Waals surface area contributed by atoms with Crippen molar-refractivity contribution in [1.29, 1.82) is 0 Å². The fourth-order valence-corrected chi connectivity index (χ4v) is 1.88. The first-order valence-electron chi connectivity index (χ1n) is 4.08. The van der Waals surface area contributed by atoms with Gasteiger partial charge in [0.2, 0.25) is 0 Å². The number of rotatable bonds is 2. The van der Waals surface area contributed by atoms with Crippen molar-refractivity contribution in [2.24, 2.45) is 0 Å². The predicted octanol–water partition coefficient (Wildman–Crippen LogP) is 2.44. The summed E-state index contributed by atoms with van der Waals surface area (Å²) >= 11 is 6.57. The smallest absolute Gasteiger partial charge is 0.151 e. The number of aldehydes is 1. The Labute approximate surface area is 93.3 Å². The van der Waals surface area contributed by atoms with Gasteiger partial charge in [-0.15, -0.1) is 0 Å². The fraction of sp³-hybridized carbons (Fsp3) is 0.200. The van der Waals surface area contributed by atoms with Gasteiger partial charge >= 0.3 is 0 Å². The van der Waals surface area contributed by atoms with Gasteiger partial charge in [-0.2, -0.15) is 0 Å². The van der Waals surface area contributed by atoms with Gasteiger partial charge in [-0.05, 0) is 6.07 Å². The van der Waals surface area contributed by atoms with E-state index in [4.69, 9.17) is 12.2 Å². The van der Waals surface area contributed by atoms with Crippen LogP contribution >= 0.6 is 24.0 Å². The highest BCUT2D eigenvalue weighted by atomic mass is 32.2. The van der Waals surface area contributed by atoms with E-state index in [0.717, 1.165) is 15.5 Å². The lowest BCUT2D eigenvalue weighted by molar-refractivity contribution is 0.112. The molecule has 0 aliphatic heterocycles. The molecule has 0 heterocycles. The van der Waals surface area contributed by atoms with E-state index in [-0.39, 0.29) is 0 Å². The third-order valence-corrected chi connectivity index (χ3v) is 3.36. The zero-order valence-electron chi connectivity index (χ0n) is 8.06. The van der Waals surface area contributed by atoms with Crippen molar-refractivity contribution in [3.05, 3.63) is 29.8 Å². The highest BCUT2D eigenvalue weighted by Crippen LogP contribution is 2.23. The van der Waals surface area contributed by atoms with Gasteiger partial charge < -0.3 is 4.90 Å². The molecule has 1 rings (SSSR count). The van der Waals surface area contributed by atoms with Crippen molar-refractivity contribution in [3.63, 3.8) is 0 Å². The lowest BCUT2D eigenvalue weighted by atomic mass is 10.2. The molecule has 4 heteroatoms. The number of carbonyl (C=O) groups excluding carboxylic acids is 1. The molecule has 0 bridgehead atoms. The molecular weight excluding hydrogens is 214 g/mol. The minimum Gasteiger partial charge on any atom is -0.363 e. The first-order chi connectivity index (χ1) is 6.65. The van der Waals surface area contributed by atoms with Gasteiger partial charge in [0.15, 0.2) is 6.29 Å². The summed E-state index contributed by atoms with van der Waals surface area (Å²) in [5.41, 5.74) is 0.682. The fourth-order valence-electron chi connectivity index (χ4n) is 0.856. The third kappa shape index (κ3) is 2.82. The number of thioether (sulfide) groups is 1. The summed E-state index contributed by atoms with van der Waals surface area (Å²) in [4.78, 5) is 13.5. The molecule has 0 fully saturated rings. The van der Waals surface area contributed by atoms with Gasteiger partial charge in [0, 0.05) is 24.6 Å². The minimum atomic E-state index is 0.682. The molecule has 0 aromatic heterocycles. The summed E-state index contributed by atoms with van der Waals surface area (Å²) in [6, 6.07) is 7.41. The van der Waals surface area contributed by atoms with E-state index in [1.54, 1.807) is 6.07 Å². The number of thiocarbonyl (C=S) groups is 1. The lowest BCUT2D eigenvalue weighted by Gasteiger charge is -2.13. The molecule has 0 saturated heterocycles. The Morgan fingerprint density at radius 1 is 1.43 bits per heavy atom. The molecule has 0 aliphatic rings. The lowest BCUT2D eigenvalue weighted by Crippen LogP contribution is -2.15. The summed E-state index contributed by atoms with van der Waals surface area (Å²) in [6.45, 7) is 0. The second-order valence-electron chi connectivity index (χ2n) is 2.92. The van der Waals surface area contributed by atoms with Gasteiger partial charge in [0.05, 0.1) is 0 Å². The molecule has 0 aliphatic carbocycles. The Hall–Kier alpha value is -0.870. The summed E-state index contributed by atoms with van der Waals surface area (Å²) in [6.07, 6.45) is 0.848. The third-order valence-electron chi connectivity index (χ3n) is 1.61. The largest absolute Gasteiger partial charge is 0.363 e. The molecule has 14 heavy (non-hydrogen) atoms. The molecule has 0 spiro atoms. The van der Waals surface area contributed by atoms with E-state index in [0.29, 0.717) is 5.56 Å². The molecule has 0 radical (unpaired) electrons. The van der Waals surface area contributed by atoms with Crippen LogP contribution in [0.3, 0.4) is 0 Å². The van der Waals surface area contributed by atoms with Crippen LogP contribution in [0, 0.1) is 0 Å². The molecular formula is C10H11NOS2. The Balaban J connectivity index is 2.85. The SMILES string of the molecule is CN(C)C(=S)Sc1ccccc1C=O. The zero-order valence-corrected chi connectivity index (χ0v) is 9.69. The maximum atomic E-state index is 10.7. The van der Waals surface area contributed by atoms with Crippen molar-refractivity contribution in [1.82, 2.24) is 4.90 Å². The van der Waals surface area contributed by atoms with Gasteiger partial charge in [-0.25, -0.2) is 0 Å².